The van der Waals surface area contributed by atoms with E-state index in [0.29, 0.717) is 18.1 Å². The number of ether oxygens (including phenoxy) is 1. The van der Waals surface area contributed by atoms with Crippen LogP contribution in [0.15, 0.2) is 42.6 Å². The Morgan fingerprint density at radius 2 is 2.18 bits per heavy atom. The fourth-order valence-corrected chi connectivity index (χ4v) is 2.96. The molecule has 0 bridgehead atoms. The van der Waals surface area contributed by atoms with E-state index in [1.54, 1.807) is 18.3 Å². The topological polar surface area (TPSA) is 51.2 Å². The molecular weight excluding hydrogens is 276 g/mol. The molecule has 4 heteroatoms. The van der Waals surface area contributed by atoms with Crippen LogP contribution in [-0.2, 0) is 6.42 Å². The number of amides is 1. The van der Waals surface area contributed by atoms with Gasteiger partial charge in [0.15, 0.2) is 0 Å². The first-order valence-electron chi connectivity index (χ1n) is 7.76. The van der Waals surface area contributed by atoms with E-state index in [1.807, 2.05) is 13.0 Å². The predicted molar refractivity (Wildman–Crippen MR) is 85.0 cm³/mol. The van der Waals surface area contributed by atoms with Gasteiger partial charge in [-0.25, -0.2) is 4.98 Å². The summed E-state index contributed by atoms with van der Waals surface area (Å²) in [6, 6.07) is 11.9. The van der Waals surface area contributed by atoms with Crippen LogP contribution in [-0.4, -0.2) is 17.5 Å². The first-order valence-corrected chi connectivity index (χ1v) is 7.76. The van der Waals surface area contributed by atoms with Crippen molar-refractivity contribution in [3.8, 4) is 5.88 Å². The maximum absolute atomic E-state index is 12.6. The average Bonchev–Trinajstić information content (AvgIpc) is 2.56. The second kappa shape index (κ2) is 6.60. The molecule has 0 saturated carbocycles. The van der Waals surface area contributed by atoms with E-state index in [4.69, 9.17) is 4.74 Å². The maximum Gasteiger partial charge on any atom is 0.257 e. The van der Waals surface area contributed by atoms with Crippen LogP contribution in [0.1, 0.15) is 47.3 Å². The monoisotopic (exact) mass is 296 g/mol. The van der Waals surface area contributed by atoms with Crippen LogP contribution in [0.4, 0.5) is 0 Å². The molecule has 1 atom stereocenters. The predicted octanol–water partition coefficient (Wildman–Crippen LogP) is 3.29. The second-order valence-corrected chi connectivity index (χ2v) is 5.41. The zero-order chi connectivity index (χ0) is 15.4. The van der Waals surface area contributed by atoms with Crippen molar-refractivity contribution in [1.82, 2.24) is 10.3 Å². The van der Waals surface area contributed by atoms with Gasteiger partial charge in [0.05, 0.1) is 12.6 Å². The number of hydrogen-bond acceptors (Lipinski definition) is 3. The van der Waals surface area contributed by atoms with E-state index < -0.39 is 0 Å². The lowest BCUT2D eigenvalue weighted by molar-refractivity contribution is 0.0928. The molecule has 1 N–H and O–H groups in total. The summed E-state index contributed by atoms with van der Waals surface area (Å²) in [5.74, 6) is 0.268. The molecule has 1 heterocycles. The average molecular weight is 296 g/mol. The van der Waals surface area contributed by atoms with E-state index in [0.717, 1.165) is 19.3 Å². The lowest BCUT2D eigenvalue weighted by atomic mass is 9.87. The molecule has 1 aromatic carbocycles. The third-order valence-electron chi connectivity index (χ3n) is 3.97. The Morgan fingerprint density at radius 3 is 3.05 bits per heavy atom. The zero-order valence-corrected chi connectivity index (χ0v) is 12.7. The van der Waals surface area contributed by atoms with Crippen molar-refractivity contribution in [2.75, 3.05) is 6.61 Å². The van der Waals surface area contributed by atoms with E-state index in [2.05, 4.69) is 28.5 Å². The van der Waals surface area contributed by atoms with Gasteiger partial charge in [0.25, 0.3) is 5.91 Å². The number of aromatic nitrogens is 1. The van der Waals surface area contributed by atoms with Crippen LogP contribution < -0.4 is 10.1 Å². The van der Waals surface area contributed by atoms with Crippen LogP contribution in [0.2, 0.25) is 0 Å². The summed E-state index contributed by atoms with van der Waals surface area (Å²) in [7, 11) is 0. The minimum absolute atomic E-state index is 0.0622. The molecule has 1 amide bonds. The summed E-state index contributed by atoms with van der Waals surface area (Å²) >= 11 is 0. The van der Waals surface area contributed by atoms with Gasteiger partial charge in [0.1, 0.15) is 5.56 Å². The maximum atomic E-state index is 12.6. The Kier molecular flexibility index (Phi) is 4.37. The van der Waals surface area contributed by atoms with Crippen LogP contribution in [0.25, 0.3) is 0 Å². The van der Waals surface area contributed by atoms with Crippen molar-refractivity contribution in [2.45, 2.75) is 32.2 Å². The lowest BCUT2D eigenvalue weighted by Gasteiger charge is -2.26. The number of pyridine rings is 1. The second-order valence-electron chi connectivity index (χ2n) is 5.41. The van der Waals surface area contributed by atoms with E-state index in [1.165, 1.54) is 11.1 Å². The number of aryl methyl sites for hydroxylation is 1. The first kappa shape index (κ1) is 14.6. The largest absolute Gasteiger partial charge is 0.477 e. The van der Waals surface area contributed by atoms with Gasteiger partial charge in [0.2, 0.25) is 5.88 Å². The van der Waals surface area contributed by atoms with E-state index in [-0.39, 0.29) is 11.9 Å². The highest BCUT2D eigenvalue weighted by Gasteiger charge is 2.23. The van der Waals surface area contributed by atoms with Gasteiger partial charge in [-0.1, -0.05) is 24.3 Å². The fraction of sp³-hybridized carbons (Fsp3) is 0.333. The molecule has 3 rings (SSSR count). The Balaban J connectivity index is 1.81. The molecule has 1 aromatic heterocycles. The minimum atomic E-state index is -0.127. The van der Waals surface area contributed by atoms with Gasteiger partial charge in [0, 0.05) is 6.20 Å². The highest BCUT2D eigenvalue weighted by atomic mass is 16.5. The number of hydrogen-bond donors (Lipinski definition) is 1. The van der Waals surface area contributed by atoms with Crippen molar-refractivity contribution in [1.29, 1.82) is 0 Å². The highest BCUT2D eigenvalue weighted by Crippen LogP contribution is 2.30. The molecule has 1 unspecified atom stereocenters. The smallest absolute Gasteiger partial charge is 0.257 e. The van der Waals surface area contributed by atoms with Crippen molar-refractivity contribution >= 4 is 5.91 Å². The summed E-state index contributed by atoms with van der Waals surface area (Å²) in [5.41, 5.74) is 3.05. The highest BCUT2D eigenvalue weighted by molar-refractivity contribution is 5.96. The normalized spacial score (nSPS) is 16.7. The lowest BCUT2D eigenvalue weighted by Crippen LogP contribution is -2.31. The third-order valence-corrected chi connectivity index (χ3v) is 3.97. The van der Waals surface area contributed by atoms with Crippen LogP contribution in [0.3, 0.4) is 0 Å². The molecule has 0 spiro atoms. The summed E-state index contributed by atoms with van der Waals surface area (Å²) in [6.45, 7) is 2.37. The van der Waals surface area contributed by atoms with Gasteiger partial charge >= 0.3 is 0 Å². The molecule has 4 nitrogen and oxygen atoms in total. The van der Waals surface area contributed by atoms with Gasteiger partial charge in [-0.05, 0) is 49.4 Å². The number of fused-ring (bicyclic) bond motifs is 1. The standard InChI is InChI=1S/C18H20N2O2/c1-2-22-18-15(10-6-12-19-18)17(21)20-16-11-5-8-13-7-3-4-9-14(13)16/h3-4,6-7,9-10,12,16H,2,5,8,11H2,1H3,(H,20,21). The van der Waals surface area contributed by atoms with Gasteiger partial charge < -0.3 is 10.1 Å². The molecule has 1 aliphatic rings. The van der Waals surface area contributed by atoms with Crippen molar-refractivity contribution in [3.63, 3.8) is 0 Å². The number of carbonyl (C=O) groups excluding carboxylic acids is 1. The molecule has 22 heavy (non-hydrogen) atoms. The first-order chi connectivity index (χ1) is 10.8. The van der Waals surface area contributed by atoms with Gasteiger partial charge in [-0.3, -0.25) is 4.79 Å². The number of carbonyl (C=O) groups is 1. The van der Waals surface area contributed by atoms with Crippen molar-refractivity contribution in [3.05, 3.63) is 59.3 Å². The Hall–Kier alpha value is -2.36. The Labute approximate surface area is 130 Å². The van der Waals surface area contributed by atoms with Crippen LogP contribution >= 0.6 is 0 Å². The summed E-state index contributed by atoms with van der Waals surface area (Å²) in [4.78, 5) is 16.7. The number of nitrogens with one attached hydrogen (secondary N) is 1. The molecule has 2 aromatic rings. The Bertz CT molecular complexity index is 670. The summed E-state index contributed by atoms with van der Waals surface area (Å²) in [6.07, 6.45) is 4.78. The SMILES string of the molecule is CCOc1ncccc1C(=O)NC1CCCc2ccccc21. The van der Waals surface area contributed by atoms with Crippen LogP contribution in [0.5, 0.6) is 5.88 Å². The van der Waals surface area contributed by atoms with Gasteiger partial charge in [-0.2, -0.15) is 0 Å². The molecule has 0 aliphatic heterocycles. The van der Waals surface area contributed by atoms with E-state index >= 15 is 0 Å². The molecule has 0 radical (unpaired) electrons. The number of nitrogens with zero attached hydrogens (tertiary/aromatic N) is 1. The zero-order valence-electron chi connectivity index (χ0n) is 12.7. The van der Waals surface area contributed by atoms with E-state index in [9.17, 15) is 4.79 Å². The molecule has 0 saturated heterocycles. The molecule has 114 valence electrons. The van der Waals surface area contributed by atoms with Crippen LogP contribution in [0, 0.1) is 0 Å². The molecule has 0 fully saturated rings. The minimum Gasteiger partial charge on any atom is -0.477 e. The molecular formula is C18H20N2O2. The van der Waals surface area contributed by atoms with Gasteiger partial charge in [-0.15, -0.1) is 0 Å². The fourth-order valence-electron chi connectivity index (χ4n) is 2.96. The van der Waals surface area contributed by atoms with Crippen molar-refractivity contribution < 1.29 is 9.53 Å². The van der Waals surface area contributed by atoms with Crippen molar-refractivity contribution in [2.24, 2.45) is 0 Å². The molecule has 1 aliphatic carbocycles. The summed E-state index contributed by atoms with van der Waals surface area (Å²) < 4.78 is 5.44. The number of rotatable bonds is 4. The summed E-state index contributed by atoms with van der Waals surface area (Å²) in [5, 5.41) is 3.13. The third kappa shape index (κ3) is 2.96. The quantitative estimate of drug-likeness (QED) is 0.942. The Morgan fingerprint density at radius 1 is 1.32 bits per heavy atom. The number of benzene rings is 1.